The highest BCUT2D eigenvalue weighted by Gasteiger charge is 2.07. The highest BCUT2D eigenvalue weighted by Crippen LogP contribution is 2.12. The maximum atomic E-state index is 13.6. The molecule has 0 aliphatic rings. The molecule has 1 atom stereocenters. The average Bonchev–Trinajstić information content (AvgIpc) is 2.39. The molecule has 0 aliphatic heterocycles. The predicted octanol–water partition coefficient (Wildman–Crippen LogP) is 1.07. The van der Waals surface area contributed by atoms with Crippen LogP contribution in [0.5, 0.6) is 0 Å². The monoisotopic (exact) mass is 283 g/mol. The summed E-state index contributed by atoms with van der Waals surface area (Å²) in [6, 6.07) is 4.14. The van der Waals surface area contributed by atoms with Crippen molar-refractivity contribution in [1.82, 2.24) is 15.5 Å². The molecule has 5 nitrogen and oxygen atoms in total. The van der Waals surface area contributed by atoms with E-state index in [2.05, 4.69) is 10.6 Å². The summed E-state index contributed by atoms with van der Waals surface area (Å²) in [7, 11) is 3.74. The van der Waals surface area contributed by atoms with Crippen LogP contribution in [0.4, 0.5) is 9.18 Å². The molecule has 0 aromatic heterocycles. The maximum Gasteiger partial charge on any atom is 0.315 e. The van der Waals surface area contributed by atoms with E-state index in [1.165, 1.54) is 6.07 Å². The second kappa shape index (κ2) is 7.81. The second-order valence-electron chi connectivity index (χ2n) is 5.07. The summed E-state index contributed by atoms with van der Waals surface area (Å²) in [6.45, 7) is 2.40. The van der Waals surface area contributed by atoms with Crippen LogP contribution >= 0.6 is 0 Å². The smallest absolute Gasteiger partial charge is 0.315 e. The zero-order valence-electron chi connectivity index (χ0n) is 12.1. The van der Waals surface area contributed by atoms with Gasteiger partial charge in [0.05, 0.1) is 12.6 Å². The summed E-state index contributed by atoms with van der Waals surface area (Å²) < 4.78 is 13.6. The van der Waals surface area contributed by atoms with Gasteiger partial charge in [0.1, 0.15) is 5.82 Å². The Morgan fingerprint density at radius 1 is 1.45 bits per heavy atom. The largest absolute Gasteiger partial charge is 0.394 e. The average molecular weight is 283 g/mol. The normalized spacial score (nSPS) is 12.3. The third-order valence-electron chi connectivity index (χ3n) is 2.70. The highest BCUT2D eigenvalue weighted by molar-refractivity contribution is 5.74. The topological polar surface area (TPSA) is 64.6 Å². The predicted molar refractivity (Wildman–Crippen MR) is 75.7 cm³/mol. The van der Waals surface area contributed by atoms with Crippen molar-refractivity contribution >= 4 is 6.03 Å². The number of nitrogens with zero attached hydrogens (tertiary/aromatic N) is 1. The lowest BCUT2D eigenvalue weighted by molar-refractivity contribution is 0.220. The molecule has 1 unspecified atom stereocenters. The molecular weight excluding hydrogens is 261 g/mol. The Kier molecular flexibility index (Phi) is 6.41. The van der Waals surface area contributed by atoms with Crippen molar-refractivity contribution in [2.75, 3.05) is 20.7 Å². The van der Waals surface area contributed by atoms with E-state index < -0.39 is 0 Å². The molecule has 0 radical (unpaired) electrons. The summed E-state index contributed by atoms with van der Waals surface area (Å²) >= 11 is 0. The number of hydrogen-bond acceptors (Lipinski definition) is 3. The fourth-order valence-electron chi connectivity index (χ4n) is 1.70. The minimum absolute atomic E-state index is 0.114. The minimum atomic E-state index is -0.356. The summed E-state index contributed by atoms with van der Waals surface area (Å²) in [5.74, 6) is -0.249. The van der Waals surface area contributed by atoms with Gasteiger partial charge in [0, 0.05) is 18.7 Å². The molecule has 0 saturated carbocycles. The maximum absolute atomic E-state index is 13.6. The van der Waals surface area contributed by atoms with Gasteiger partial charge in [-0.3, -0.25) is 0 Å². The molecule has 0 fully saturated rings. The molecule has 1 aromatic rings. The molecule has 6 heteroatoms. The number of amides is 2. The first-order valence-corrected chi connectivity index (χ1v) is 6.49. The number of carbonyl (C=O) groups excluding carboxylic acids is 1. The second-order valence-corrected chi connectivity index (χ2v) is 5.07. The van der Waals surface area contributed by atoms with Crippen LogP contribution in [0, 0.1) is 5.82 Å². The highest BCUT2D eigenvalue weighted by atomic mass is 19.1. The molecule has 0 aliphatic carbocycles. The van der Waals surface area contributed by atoms with Gasteiger partial charge in [-0.05, 0) is 38.7 Å². The molecule has 1 rings (SSSR count). The van der Waals surface area contributed by atoms with Crippen LogP contribution in [0.3, 0.4) is 0 Å². The molecule has 0 spiro atoms. The number of nitrogens with one attached hydrogen (secondary N) is 2. The third kappa shape index (κ3) is 5.54. The van der Waals surface area contributed by atoms with E-state index in [1.54, 1.807) is 19.1 Å². The number of carbonyl (C=O) groups is 1. The molecule has 2 amide bonds. The van der Waals surface area contributed by atoms with Crippen LogP contribution in [-0.2, 0) is 13.1 Å². The van der Waals surface area contributed by atoms with Gasteiger partial charge in [0.2, 0.25) is 0 Å². The standard InChI is InChI=1S/C14H22FN3O2/c1-10(9-19)17-14(20)16-7-11-4-5-13(15)12(6-11)8-18(2)3/h4-6,10,19H,7-9H2,1-3H3,(H2,16,17,20). The molecule has 0 bridgehead atoms. The van der Waals surface area contributed by atoms with Gasteiger partial charge in [0.15, 0.2) is 0 Å². The first-order valence-electron chi connectivity index (χ1n) is 6.49. The Bertz CT molecular complexity index is 452. The van der Waals surface area contributed by atoms with Crippen LogP contribution in [-0.4, -0.2) is 42.8 Å². The van der Waals surface area contributed by atoms with Crippen molar-refractivity contribution in [2.24, 2.45) is 0 Å². The van der Waals surface area contributed by atoms with Crippen molar-refractivity contribution in [1.29, 1.82) is 0 Å². The van der Waals surface area contributed by atoms with Crippen LogP contribution in [0.2, 0.25) is 0 Å². The Labute approximate surface area is 118 Å². The van der Waals surface area contributed by atoms with E-state index in [9.17, 15) is 9.18 Å². The summed E-state index contributed by atoms with van der Waals surface area (Å²) in [5, 5.41) is 14.1. The first kappa shape index (κ1) is 16.4. The number of halogens is 1. The SMILES string of the molecule is CC(CO)NC(=O)NCc1ccc(F)c(CN(C)C)c1. The Balaban J connectivity index is 2.58. The number of rotatable bonds is 6. The van der Waals surface area contributed by atoms with Crippen molar-refractivity contribution in [3.63, 3.8) is 0 Å². The quantitative estimate of drug-likeness (QED) is 0.731. The Morgan fingerprint density at radius 2 is 2.15 bits per heavy atom. The number of urea groups is 1. The zero-order chi connectivity index (χ0) is 15.1. The summed E-state index contributed by atoms with van der Waals surface area (Å²) in [4.78, 5) is 13.4. The fourth-order valence-corrected chi connectivity index (χ4v) is 1.70. The third-order valence-corrected chi connectivity index (χ3v) is 2.70. The van der Waals surface area contributed by atoms with Gasteiger partial charge in [0.25, 0.3) is 0 Å². The van der Waals surface area contributed by atoms with Crippen molar-refractivity contribution in [3.8, 4) is 0 Å². The lowest BCUT2D eigenvalue weighted by Crippen LogP contribution is -2.41. The summed E-state index contributed by atoms with van der Waals surface area (Å²) in [5.41, 5.74) is 1.42. The van der Waals surface area contributed by atoms with Crippen molar-refractivity contribution in [2.45, 2.75) is 26.1 Å². The Hall–Kier alpha value is -1.66. The molecule has 0 heterocycles. The van der Waals surface area contributed by atoms with Crippen molar-refractivity contribution < 1.29 is 14.3 Å². The zero-order valence-corrected chi connectivity index (χ0v) is 12.1. The molecule has 3 N–H and O–H groups in total. The van der Waals surface area contributed by atoms with Gasteiger partial charge in [-0.15, -0.1) is 0 Å². The van der Waals surface area contributed by atoms with Gasteiger partial charge in [-0.25, -0.2) is 9.18 Å². The number of aliphatic hydroxyl groups is 1. The Morgan fingerprint density at radius 3 is 2.75 bits per heavy atom. The molecule has 1 aromatic carbocycles. The van der Waals surface area contributed by atoms with E-state index >= 15 is 0 Å². The number of benzene rings is 1. The van der Waals surface area contributed by atoms with E-state index in [0.29, 0.717) is 18.7 Å². The van der Waals surface area contributed by atoms with Crippen LogP contribution in [0.15, 0.2) is 18.2 Å². The molecule has 20 heavy (non-hydrogen) atoms. The lowest BCUT2D eigenvalue weighted by atomic mass is 10.1. The minimum Gasteiger partial charge on any atom is -0.394 e. The van der Waals surface area contributed by atoms with E-state index in [1.807, 2.05) is 19.0 Å². The number of hydrogen-bond donors (Lipinski definition) is 3. The molecule has 0 saturated heterocycles. The van der Waals surface area contributed by atoms with Crippen LogP contribution in [0.1, 0.15) is 18.1 Å². The summed E-state index contributed by atoms with van der Waals surface area (Å²) in [6.07, 6.45) is 0. The van der Waals surface area contributed by atoms with Gasteiger partial charge < -0.3 is 20.6 Å². The fraction of sp³-hybridized carbons (Fsp3) is 0.500. The number of aliphatic hydroxyl groups excluding tert-OH is 1. The first-order chi connectivity index (χ1) is 9.42. The van der Waals surface area contributed by atoms with Gasteiger partial charge in [-0.1, -0.05) is 6.07 Å². The molecular formula is C14H22FN3O2. The van der Waals surface area contributed by atoms with E-state index in [4.69, 9.17) is 5.11 Å². The van der Waals surface area contributed by atoms with Crippen LogP contribution in [0.25, 0.3) is 0 Å². The van der Waals surface area contributed by atoms with Gasteiger partial charge >= 0.3 is 6.03 Å². The van der Waals surface area contributed by atoms with Crippen LogP contribution < -0.4 is 10.6 Å². The molecule has 112 valence electrons. The van der Waals surface area contributed by atoms with Gasteiger partial charge in [-0.2, -0.15) is 0 Å². The van der Waals surface area contributed by atoms with E-state index in [0.717, 1.165) is 5.56 Å². The lowest BCUT2D eigenvalue weighted by Gasteiger charge is -2.14. The van der Waals surface area contributed by atoms with Crippen molar-refractivity contribution in [3.05, 3.63) is 35.1 Å². The van der Waals surface area contributed by atoms with E-state index in [-0.39, 0.29) is 24.5 Å².